The van der Waals surface area contributed by atoms with Crippen molar-refractivity contribution in [3.63, 3.8) is 0 Å². The highest BCUT2D eigenvalue weighted by Gasteiger charge is 2.11. The monoisotopic (exact) mass is 261 g/mol. The quantitative estimate of drug-likeness (QED) is 0.886. The van der Waals surface area contributed by atoms with Gasteiger partial charge in [0.05, 0.1) is 17.9 Å². The predicted octanol–water partition coefficient (Wildman–Crippen LogP) is 2.22. The summed E-state index contributed by atoms with van der Waals surface area (Å²) in [6, 6.07) is 5.66. The van der Waals surface area contributed by atoms with Crippen molar-refractivity contribution in [1.82, 2.24) is 10.3 Å². The van der Waals surface area contributed by atoms with Crippen molar-refractivity contribution in [3.05, 3.63) is 45.9 Å². The summed E-state index contributed by atoms with van der Waals surface area (Å²) in [5.74, 6) is -0.143. The minimum Gasteiger partial charge on any atom is -0.397 e. The third kappa shape index (κ3) is 2.68. The summed E-state index contributed by atoms with van der Waals surface area (Å²) in [5, 5.41) is 4.65. The van der Waals surface area contributed by atoms with Crippen LogP contribution in [-0.2, 0) is 13.0 Å². The molecule has 0 aliphatic heterocycles. The molecule has 18 heavy (non-hydrogen) atoms. The van der Waals surface area contributed by atoms with Gasteiger partial charge in [0.25, 0.3) is 5.91 Å². The number of amides is 1. The Morgan fingerprint density at radius 1 is 1.50 bits per heavy atom. The second-order valence-corrected chi connectivity index (χ2v) is 4.77. The Balaban J connectivity index is 2.04. The van der Waals surface area contributed by atoms with E-state index in [9.17, 15) is 4.79 Å². The van der Waals surface area contributed by atoms with Gasteiger partial charge >= 0.3 is 0 Å². The SMILES string of the molecule is CCc1cccnc1CNC(=O)c1sccc1N. The van der Waals surface area contributed by atoms with E-state index >= 15 is 0 Å². The second-order valence-electron chi connectivity index (χ2n) is 3.85. The number of aryl methyl sites for hydroxylation is 1. The molecular weight excluding hydrogens is 246 g/mol. The van der Waals surface area contributed by atoms with Crippen LogP contribution < -0.4 is 11.1 Å². The van der Waals surface area contributed by atoms with E-state index in [0.29, 0.717) is 17.1 Å². The molecule has 0 saturated heterocycles. The summed E-state index contributed by atoms with van der Waals surface area (Å²) < 4.78 is 0. The van der Waals surface area contributed by atoms with Crippen molar-refractivity contribution in [2.24, 2.45) is 0 Å². The molecular formula is C13H15N3OS. The molecule has 3 N–H and O–H groups in total. The van der Waals surface area contributed by atoms with Crippen molar-refractivity contribution in [1.29, 1.82) is 0 Å². The van der Waals surface area contributed by atoms with Crippen LogP contribution in [0, 0.1) is 0 Å². The van der Waals surface area contributed by atoms with Crippen LogP contribution in [0.15, 0.2) is 29.8 Å². The lowest BCUT2D eigenvalue weighted by Crippen LogP contribution is -2.23. The molecule has 0 unspecified atom stereocenters. The highest BCUT2D eigenvalue weighted by atomic mass is 32.1. The maximum atomic E-state index is 11.9. The van der Waals surface area contributed by atoms with Gasteiger partial charge in [-0.05, 0) is 29.5 Å². The molecule has 0 spiro atoms. The van der Waals surface area contributed by atoms with E-state index in [1.165, 1.54) is 11.3 Å². The Hall–Kier alpha value is -1.88. The second kappa shape index (κ2) is 5.64. The van der Waals surface area contributed by atoms with E-state index in [-0.39, 0.29) is 5.91 Å². The van der Waals surface area contributed by atoms with Crippen molar-refractivity contribution in [2.75, 3.05) is 5.73 Å². The molecule has 0 saturated carbocycles. The van der Waals surface area contributed by atoms with Crippen molar-refractivity contribution in [3.8, 4) is 0 Å². The molecule has 0 aromatic carbocycles. The van der Waals surface area contributed by atoms with Crippen LogP contribution in [0.3, 0.4) is 0 Å². The third-order valence-corrected chi connectivity index (χ3v) is 3.61. The maximum Gasteiger partial charge on any atom is 0.263 e. The topological polar surface area (TPSA) is 68.0 Å². The lowest BCUT2D eigenvalue weighted by Gasteiger charge is -2.07. The summed E-state index contributed by atoms with van der Waals surface area (Å²) in [4.78, 5) is 16.7. The lowest BCUT2D eigenvalue weighted by molar-refractivity contribution is 0.0955. The van der Waals surface area contributed by atoms with Crippen LogP contribution in [0.25, 0.3) is 0 Å². The number of anilines is 1. The Kier molecular flexibility index (Phi) is 3.94. The molecule has 2 rings (SSSR count). The molecule has 2 aromatic rings. The molecule has 94 valence electrons. The number of nitrogens with two attached hydrogens (primary N) is 1. The van der Waals surface area contributed by atoms with E-state index in [1.54, 1.807) is 12.3 Å². The van der Waals surface area contributed by atoms with E-state index < -0.39 is 0 Å². The molecule has 0 atom stereocenters. The fourth-order valence-corrected chi connectivity index (χ4v) is 2.43. The number of nitrogens with one attached hydrogen (secondary N) is 1. The standard InChI is InChI=1S/C13H15N3OS/c1-2-9-4-3-6-15-11(9)8-16-13(17)12-10(14)5-7-18-12/h3-7H,2,8,14H2,1H3,(H,16,17). The largest absolute Gasteiger partial charge is 0.397 e. The van der Waals surface area contributed by atoms with Crippen molar-refractivity contribution < 1.29 is 4.79 Å². The summed E-state index contributed by atoms with van der Waals surface area (Å²) >= 11 is 1.35. The van der Waals surface area contributed by atoms with E-state index in [0.717, 1.165) is 17.7 Å². The van der Waals surface area contributed by atoms with Crippen LogP contribution in [0.5, 0.6) is 0 Å². The van der Waals surface area contributed by atoms with Crippen LogP contribution in [0.4, 0.5) is 5.69 Å². The summed E-state index contributed by atoms with van der Waals surface area (Å²) in [6.45, 7) is 2.50. The number of nitrogen functional groups attached to an aromatic ring is 1. The van der Waals surface area contributed by atoms with Gasteiger partial charge in [-0.3, -0.25) is 9.78 Å². The van der Waals surface area contributed by atoms with Crippen LogP contribution in [-0.4, -0.2) is 10.9 Å². The zero-order valence-corrected chi connectivity index (χ0v) is 11.0. The smallest absolute Gasteiger partial charge is 0.263 e. The van der Waals surface area contributed by atoms with Gasteiger partial charge in [0, 0.05) is 6.20 Å². The third-order valence-electron chi connectivity index (χ3n) is 2.68. The Morgan fingerprint density at radius 3 is 3.00 bits per heavy atom. The van der Waals surface area contributed by atoms with E-state index in [4.69, 9.17) is 5.73 Å². The number of carbonyl (C=O) groups excluding carboxylic acids is 1. The Labute approximate surface area is 110 Å². The van der Waals surface area contributed by atoms with Gasteiger partial charge in [0.2, 0.25) is 0 Å². The van der Waals surface area contributed by atoms with E-state index in [1.807, 2.05) is 17.5 Å². The number of aromatic nitrogens is 1. The molecule has 1 amide bonds. The first-order valence-corrected chi connectivity index (χ1v) is 6.64. The molecule has 4 nitrogen and oxygen atoms in total. The first-order chi connectivity index (χ1) is 8.72. The molecule has 0 radical (unpaired) electrons. The van der Waals surface area contributed by atoms with Gasteiger partial charge in [-0.15, -0.1) is 11.3 Å². The summed E-state index contributed by atoms with van der Waals surface area (Å²) in [6.07, 6.45) is 2.64. The average Bonchev–Trinajstić information content (AvgIpc) is 2.82. The zero-order valence-electron chi connectivity index (χ0n) is 10.1. The Bertz CT molecular complexity index is 551. The zero-order chi connectivity index (χ0) is 13.0. The number of thiophene rings is 1. The molecule has 2 heterocycles. The van der Waals surface area contributed by atoms with Crippen molar-refractivity contribution in [2.45, 2.75) is 19.9 Å². The predicted molar refractivity (Wildman–Crippen MR) is 73.5 cm³/mol. The number of pyridine rings is 1. The molecule has 2 aromatic heterocycles. The van der Waals surface area contributed by atoms with Crippen LogP contribution >= 0.6 is 11.3 Å². The lowest BCUT2D eigenvalue weighted by atomic mass is 10.1. The highest BCUT2D eigenvalue weighted by molar-refractivity contribution is 7.12. The fraction of sp³-hybridized carbons (Fsp3) is 0.231. The fourth-order valence-electron chi connectivity index (χ4n) is 1.70. The number of hydrogen-bond donors (Lipinski definition) is 2. The minimum atomic E-state index is -0.143. The molecule has 0 fully saturated rings. The summed E-state index contributed by atoms with van der Waals surface area (Å²) in [7, 11) is 0. The van der Waals surface area contributed by atoms with Gasteiger partial charge in [0.15, 0.2) is 0 Å². The summed E-state index contributed by atoms with van der Waals surface area (Å²) in [5.41, 5.74) is 8.28. The number of rotatable bonds is 4. The average molecular weight is 261 g/mol. The molecule has 0 aliphatic rings. The van der Waals surface area contributed by atoms with Gasteiger partial charge in [0.1, 0.15) is 4.88 Å². The van der Waals surface area contributed by atoms with Crippen LogP contribution in [0.2, 0.25) is 0 Å². The highest BCUT2D eigenvalue weighted by Crippen LogP contribution is 2.18. The first kappa shape index (κ1) is 12.6. The molecule has 5 heteroatoms. The van der Waals surface area contributed by atoms with Gasteiger partial charge in [-0.25, -0.2) is 0 Å². The van der Waals surface area contributed by atoms with Crippen LogP contribution in [0.1, 0.15) is 27.9 Å². The number of carbonyl (C=O) groups is 1. The molecule has 0 aliphatic carbocycles. The Morgan fingerprint density at radius 2 is 2.33 bits per heavy atom. The van der Waals surface area contributed by atoms with Gasteiger partial charge in [-0.2, -0.15) is 0 Å². The van der Waals surface area contributed by atoms with E-state index in [2.05, 4.69) is 17.2 Å². The number of hydrogen-bond acceptors (Lipinski definition) is 4. The number of nitrogens with zero attached hydrogens (tertiary/aromatic N) is 1. The first-order valence-electron chi connectivity index (χ1n) is 5.76. The maximum absolute atomic E-state index is 11.9. The van der Waals surface area contributed by atoms with Gasteiger partial charge < -0.3 is 11.1 Å². The van der Waals surface area contributed by atoms with Crippen molar-refractivity contribution >= 4 is 22.9 Å². The molecule has 0 bridgehead atoms. The normalized spacial score (nSPS) is 10.3. The van der Waals surface area contributed by atoms with Gasteiger partial charge in [-0.1, -0.05) is 13.0 Å². The minimum absolute atomic E-state index is 0.143.